The fraction of sp³-hybridized carbons (Fsp3) is 0.269. The number of imidazole rings is 1. The molecule has 1 aliphatic carbocycles. The van der Waals surface area contributed by atoms with E-state index in [0.29, 0.717) is 32.1 Å². The molecule has 2 heterocycles. The number of hydrogen-bond acceptors (Lipinski definition) is 6. The van der Waals surface area contributed by atoms with Gasteiger partial charge in [-0.25, -0.2) is 4.98 Å². The Bertz CT molecular complexity index is 1330. The number of hydrogen-bond donors (Lipinski definition) is 2. The first-order valence-corrected chi connectivity index (χ1v) is 11.3. The largest absolute Gasteiger partial charge is 0.376 e. The Morgan fingerprint density at radius 1 is 0.971 bits per heavy atom. The van der Waals surface area contributed by atoms with Crippen molar-refractivity contribution in [3.63, 3.8) is 0 Å². The van der Waals surface area contributed by atoms with Gasteiger partial charge in [-0.3, -0.25) is 9.78 Å². The Morgan fingerprint density at radius 3 is 2.24 bits per heavy atom. The number of benzene rings is 2. The van der Waals surface area contributed by atoms with E-state index in [4.69, 9.17) is 15.2 Å². The number of fused-ring (bicyclic) bond motifs is 1. The van der Waals surface area contributed by atoms with E-state index in [0.717, 1.165) is 16.7 Å². The minimum absolute atomic E-state index is 0.0591. The molecule has 1 saturated carbocycles. The number of nitrogens with two attached hydrogens (primary N) is 1. The smallest absolute Gasteiger partial charge is 0.280 e. The Labute approximate surface area is 197 Å². The maximum absolute atomic E-state index is 12.3. The maximum Gasteiger partial charge on any atom is 0.280 e. The molecule has 1 aliphatic rings. The predicted molar refractivity (Wildman–Crippen MR) is 130 cm³/mol. The number of aromatic nitrogens is 4. The molecule has 174 valence electrons. The summed E-state index contributed by atoms with van der Waals surface area (Å²) in [6, 6.07) is 20.0. The fourth-order valence-corrected chi connectivity index (χ4v) is 4.61. The zero-order valence-electron chi connectivity index (χ0n) is 18.8. The van der Waals surface area contributed by atoms with Crippen molar-refractivity contribution in [3.05, 3.63) is 101 Å². The molecule has 0 saturated heterocycles. The van der Waals surface area contributed by atoms with Gasteiger partial charge in [-0.05, 0) is 16.7 Å². The van der Waals surface area contributed by atoms with Crippen molar-refractivity contribution in [2.75, 3.05) is 18.9 Å². The van der Waals surface area contributed by atoms with Gasteiger partial charge in [0.05, 0.1) is 38.8 Å². The van der Waals surface area contributed by atoms with E-state index >= 15 is 0 Å². The Kier molecular flexibility index (Phi) is 6.24. The summed E-state index contributed by atoms with van der Waals surface area (Å²) in [7, 11) is 0. The minimum atomic E-state index is -0.356. The first kappa shape index (κ1) is 22.1. The molecule has 0 bridgehead atoms. The molecule has 0 spiro atoms. The van der Waals surface area contributed by atoms with Crippen LogP contribution in [0.15, 0.2) is 83.9 Å². The van der Waals surface area contributed by atoms with Gasteiger partial charge in [-0.2, -0.15) is 4.98 Å². The summed E-state index contributed by atoms with van der Waals surface area (Å²) in [6.07, 6.45) is 1.63. The van der Waals surface area contributed by atoms with Gasteiger partial charge >= 0.3 is 0 Å². The Morgan fingerprint density at radius 2 is 1.59 bits per heavy atom. The Balaban J connectivity index is 1.34. The molecule has 3 atom stereocenters. The maximum atomic E-state index is 12.3. The van der Waals surface area contributed by atoms with Crippen LogP contribution in [0, 0.1) is 11.8 Å². The highest BCUT2D eigenvalue weighted by Crippen LogP contribution is 2.49. The number of nitrogens with one attached hydrogen (secondary N) is 1. The number of anilines is 1. The lowest BCUT2D eigenvalue weighted by molar-refractivity contribution is -0.0163. The van der Waals surface area contributed by atoms with Gasteiger partial charge in [-0.1, -0.05) is 67.2 Å². The highest BCUT2D eigenvalue weighted by molar-refractivity contribution is 5.71. The van der Waals surface area contributed by atoms with Gasteiger partial charge in [0.25, 0.3) is 5.56 Å². The number of aromatic amines is 1. The van der Waals surface area contributed by atoms with E-state index in [1.807, 2.05) is 65.2 Å². The van der Waals surface area contributed by atoms with Crippen molar-refractivity contribution in [2.24, 2.45) is 11.8 Å². The number of ether oxygens (including phenoxy) is 2. The lowest BCUT2D eigenvalue weighted by atomic mass is 9.66. The van der Waals surface area contributed by atoms with Crippen LogP contribution in [0.1, 0.15) is 17.2 Å². The van der Waals surface area contributed by atoms with E-state index in [1.165, 1.54) is 0 Å². The van der Waals surface area contributed by atoms with Crippen LogP contribution < -0.4 is 11.3 Å². The highest BCUT2D eigenvalue weighted by atomic mass is 16.5. The zero-order chi connectivity index (χ0) is 23.5. The van der Waals surface area contributed by atoms with Crippen LogP contribution in [0.4, 0.5) is 5.95 Å². The molecule has 1 fully saturated rings. The summed E-state index contributed by atoms with van der Waals surface area (Å²) in [5.74, 6) is 0.261. The average molecular weight is 458 g/mol. The van der Waals surface area contributed by atoms with Crippen molar-refractivity contribution >= 4 is 17.1 Å². The fourth-order valence-electron chi connectivity index (χ4n) is 4.61. The summed E-state index contributed by atoms with van der Waals surface area (Å²) in [6.45, 7) is 6.44. The summed E-state index contributed by atoms with van der Waals surface area (Å²) in [5, 5.41) is 0. The minimum Gasteiger partial charge on any atom is -0.376 e. The van der Waals surface area contributed by atoms with Crippen molar-refractivity contribution in [3.8, 4) is 0 Å². The molecule has 2 aromatic carbocycles. The van der Waals surface area contributed by atoms with Crippen LogP contribution in [0.2, 0.25) is 0 Å². The first-order chi connectivity index (χ1) is 16.6. The second kappa shape index (κ2) is 9.62. The molecule has 34 heavy (non-hydrogen) atoms. The van der Waals surface area contributed by atoms with Crippen LogP contribution in [0.3, 0.4) is 0 Å². The van der Waals surface area contributed by atoms with E-state index in [9.17, 15) is 4.79 Å². The molecule has 5 rings (SSSR count). The number of H-pyrrole nitrogens is 1. The van der Waals surface area contributed by atoms with Crippen LogP contribution in [-0.4, -0.2) is 32.7 Å². The van der Waals surface area contributed by atoms with Crippen LogP contribution in [0.5, 0.6) is 0 Å². The van der Waals surface area contributed by atoms with Gasteiger partial charge in [0.1, 0.15) is 0 Å². The Hall–Kier alpha value is -3.75. The van der Waals surface area contributed by atoms with Gasteiger partial charge in [0.2, 0.25) is 5.95 Å². The zero-order valence-corrected chi connectivity index (χ0v) is 18.8. The lowest BCUT2D eigenvalue weighted by Gasteiger charge is -2.47. The van der Waals surface area contributed by atoms with Crippen molar-refractivity contribution in [2.45, 2.75) is 19.3 Å². The van der Waals surface area contributed by atoms with E-state index in [1.54, 1.807) is 6.33 Å². The summed E-state index contributed by atoms with van der Waals surface area (Å²) in [4.78, 5) is 23.4. The van der Waals surface area contributed by atoms with Crippen molar-refractivity contribution in [1.82, 2.24) is 19.5 Å². The third-order valence-electron chi connectivity index (χ3n) is 6.36. The van der Waals surface area contributed by atoms with Gasteiger partial charge in [0.15, 0.2) is 11.2 Å². The van der Waals surface area contributed by atoms with Gasteiger partial charge in [-0.15, -0.1) is 0 Å². The van der Waals surface area contributed by atoms with Crippen LogP contribution in [0.25, 0.3) is 11.2 Å². The molecule has 2 aromatic heterocycles. The van der Waals surface area contributed by atoms with E-state index in [2.05, 4.69) is 21.5 Å². The molecule has 4 aromatic rings. The van der Waals surface area contributed by atoms with Crippen molar-refractivity contribution < 1.29 is 9.47 Å². The van der Waals surface area contributed by atoms with E-state index in [-0.39, 0.29) is 34.9 Å². The number of nitrogens with zero attached hydrogens (tertiary/aromatic N) is 3. The average Bonchev–Trinajstić information content (AvgIpc) is 3.26. The molecular formula is C26H27N5O3. The summed E-state index contributed by atoms with van der Waals surface area (Å²) < 4.78 is 14.0. The molecule has 0 aliphatic heterocycles. The number of rotatable bonds is 9. The second-order valence-electron chi connectivity index (χ2n) is 8.57. The molecule has 3 N–H and O–H groups in total. The van der Waals surface area contributed by atoms with Crippen LogP contribution in [-0.2, 0) is 22.7 Å². The van der Waals surface area contributed by atoms with Gasteiger partial charge in [0, 0.05) is 11.8 Å². The normalized spacial score (nSPS) is 19.9. The predicted octanol–water partition coefficient (Wildman–Crippen LogP) is 3.48. The first-order valence-electron chi connectivity index (χ1n) is 11.3. The SMILES string of the molecule is C=C1[C@@H](n2cnc3c(=O)[nH]c(N)nc32)[C@H](COCc2ccccc2)[C@H]1COCc1ccccc1. The summed E-state index contributed by atoms with van der Waals surface area (Å²) in [5.41, 5.74) is 9.39. The molecular weight excluding hydrogens is 430 g/mol. The number of nitrogen functional groups attached to an aromatic ring is 1. The summed E-state index contributed by atoms with van der Waals surface area (Å²) >= 11 is 0. The molecule has 0 unspecified atom stereocenters. The van der Waals surface area contributed by atoms with Crippen molar-refractivity contribution in [1.29, 1.82) is 0 Å². The quantitative estimate of drug-likeness (QED) is 0.373. The molecule has 0 amide bonds. The topological polar surface area (TPSA) is 108 Å². The third kappa shape index (κ3) is 4.37. The molecule has 0 radical (unpaired) electrons. The molecule has 8 heteroatoms. The third-order valence-corrected chi connectivity index (χ3v) is 6.36. The van der Waals surface area contributed by atoms with Crippen LogP contribution >= 0.6 is 0 Å². The lowest BCUT2D eigenvalue weighted by Crippen LogP contribution is -2.45. The van der Waals surface area contributed by atoms with E-state index < -0.39 is 0 Å². The molecule has 8 nitrogen and oxygen atoms in total. The standard InChI is InChI=1S/C26H27N5O3/c1-17-20(14-33-12-18-8-4-2-5-9-18)21(15-34-13-19-10-6-3-7-11-19)23(17)31-16-28-22-24(31)29-26(27)30-25(22)32/h2-11,16,20-21,23H,1,12-15H2,(H3,27,29,30,32)/t20-,21+,23+/m0/s1. The monoisotopic (exact) mass is 457 g/mol. The highest BCUT2D eigenvalue weighted by Gasteiger charge is 2.46. The van der Waals surface area contributed by atoms with Gasteiger partial charge < -0.3 is 19.8 Å². The second-order valence-corrected chi connectivity index (χ2v) is 8.57.